The fourth-order valence-electron chi connectivity index (χ4n) is 3.70. The second-order valence-electron chi connectivity index (χ2n) is 8.66. The number of carbonyl (C=O) groups is 8. The molecule has 0 saturated heterocycles. The third-order valence-corrected chi connectivity index (χ3v) is 15.1. The van der Waals surface area contributed by atoms with E-state index >= 15 is 0 Å². The first-order valence-corrected chi connectivity index (χ1v) is 18.1. The normalized spacial score (nSPS) is 11.2. The Morgan fingerprint density at radius 1 is 0.571 bits per heavy atom. The van der Waals surface area contributed by atoms with Gasteiger partial charge in [0.05, 0.1) is 0 Å². The van der Waals surface area contributed by atoms with E-state index in [-0.39, 0.29) is 8.87 Å². The van der Waals surface area contributed by atoms with Crippen LogP contribution in [0.4, 0.5) is 0 Å². The van der Waals surface area contributed by atoms with E-state index in [0.717, 1.165) is 27.7 Å². The van der Waals surface area contributed by atoms with Crippen molar-refractivity contribution in [3.05, 3.63) is 0 Å². The summed E-state index contributed by atoms with van der Waals surface area (Å²) in [4.78, 5) is 96.7. The molecular weight excluding hydrogens is 567 g/mol. The van der Waals surface area contributed by atoms with Gasteiger partial charge in [-0.2, -0.15) is 0 Å². The number of hydrogen-bond acceptors (Lipinski definition) is 10. The molecule has 0 N–H and O–H groups in total. The van der Waals surface area contributed by atoms with Crippen LogP contribution in [0.3, 0.4) is 0 Å². The molecule has 10 nitrogen and oxygen atoms in total. The van der Waals surface area contributed by atoms with Crippen molar-refractivity contribution >= 4 is 65.8 Å². The Morgan fingerprint density at radius 2 is 0.857 bits per heavy atom. The molecule has 0 saturated carbocycles. The summed E-state index contributed by atoms with van der Waals surface area (Å²) in [7, 11) is 0. The van der Waals surface area contributed by atoms with Gasteiger partial charge in [-0.25, -0.2) is 0 Å². The molecule has 196 valence electrons. The van der Waals surface area contributed by atoms with Crippen LogP contribution < -0.4 is 0 Å². The molecule has 0 aromatic carbocycles. The molecular formula is C24H36O10Sn. The maximum absolute atomic E-state index is 12.7. The number of ketones is 6. The van der Waals surface area contributed by atoms with E-state index in [2.05, 4.69) is 0 Å². The van der Waals surface area contributed by atoms with Gasteiger partial charge in [-0.15, -0.1) is 0 Å². The summed E-state index contributed by atoms with van der Waals surface area (Å²) in [6.07, 6.45) is 0.878. The van der Waals surface area contributed by atoms with Crippen LogP contribution in [-0.4, -0.2) is 65.8 Å². The first-order valence-electron chi connectivity index (χ1n) is 11.7. The van der Waals surface area contributed by atoms with Crippen LogP contribution in [0, 0.1) is 11.8 Å². The molecule has 35 heavy (non-hydrogen) atoms. The third kappa shape index (κ3) is 11.4. The standard InChI is InChI=1S/2C8H10O5.2C4H9.Sn/c2*1-4(9)8(5(2)10)6(11)3-7(12)13;2*1-3-4-2;/h2*8H,3H2,1-2H3,(H,12,13);2*1,3-4H2,2H3;/q;;;;+2/p-2. The number of rotatable bonds is 18. The second-order valence-corrected chi connectivity index (χ2v) is 17.9. The van der Waals surface area contributed by atoms with Gasteiger partial charge in [-0.3, -0.25) is 0 Å². The fraction of sp³-hybridized carbons (Fsp3) is 0.667. The number of Topliss-reactive ketones (excluding diaryl/α,β-unsaturated/α-hetero) is 6. The summed E-state index contributed by atoms with van der Waals surface area (Å²) < 4.78 is 11.9. The van der Waals surface area contributed by atoms with E-state index in [1.54, 1.807) is 0 Å². The Bertz CT molecular complexity index is 762. The fourth-order valence-corrected chi connectivity index (χ4v) is 13.6. The van der Waals surface area contributed by atoms with Gasteiger partial charge in [0.25, 0.3) is 0 Å². The van der Waals surface area contributed by atoms with E-state index in [1.165, 1.54) is 0 Å². The molecule has 0 aliphatic carbocycles. The zero-order valence-electron chi connectivity index (χ0n) is 21.4. The molecule has 0 heterocycles. The van der Waals surface area contributed by atoms with Crippen molar-refractivity contribution in [1.29, 1.82) is 0 Å². The molecule has 0 unspecified atom stereocenters. The van der Waals surface area contributed by atoms with Gasteiger partial charge in [0, 0.05) is 0 Å². The van der Waals surface area contributed by atoms with Gasteiger partial charge in [0.1, 0.15) is 0 Å². The van der Waals surface area contributed by atoms with Crippen LogP contribution in [0.2, 0.25) is 8.87 Å². The van der Waals surface area contributed by atoms with Crippen molar-refractivity contribution in [2.24, 2.45) is 11.8 Å². The minimum absolute atomic E-state index is 0.288. The molecule has 11 heteroatoms. The summed E-state index contributed by atoms with van der Waals surface area (Å²) in [6, 6.07) is 0. The summed E-state index contributed by atoms with van der Waals surface area (Å²) in [6.45, 7) is 8.10. The van der Waals surface area contributed by atoms with Crippen molar-refractivity contribution < 1.29 is 44.5 Å². The quantitative estimate of drug-likeness (QED) is 0.169. The van der Waals surface area contributed by atoms with E-state index in [0.29, 0.717) is 25.7 Å². The van der Waals surface area contributed by atoms with Gasteiger partial charge in [0.2, 0.25) is 0 Å². The molecule has 0 fully saturated rings. The van der Waals surface area contributed by atoms with Crippen LogP contribution in [-0.2, 0) is 44.5 Å². The Labute approximate surface area is 210 Å². The molecule has 0 atom stereocenters. The Balaban J connectivity index is 5.80. The summed E-state index contributed by atoms with van der Waals surface area (Å²) in [5.74, 6) is -9.63. The molecule has 0 aliphatic rings. The average molecular weight is 603 g/mol. The summed E-state index contributed by atoms with van der Waals surface area (Å²) >= 11 is -4.56. The Morgan fingerprint density at radius 3 is 1.09 bits per heavy atom. The number of carbonyl (C=O) groups excluding carboxylic acids is 8. The van der Waals surface area contributed by atoms with Crippen LogP contribution in [0.5, 0.6) is 0 Å². The molecule has 0 rings (SSSR count). The first kappa shape index (κ1) is 32.8. The van der Waals surface area contributed by atoms with E-state index in [9.17, 15) is 38.4 Å². The monoisotopic (exact) mass is 604 g/mol. The molecule has 0 spiro atoms. The zero-order valence-corrected chi connectivity index (χ0v) is 24.2. The van der Waals surface area contributed by atoms with Crippen molar-refractivity contribution in [2.75, 3.05) is 0 Å². The summed E-state index contributed by atoms with van der Waals surface area (Å²) in [5.41, 5.74) is 0. The van der Waals surface area contributed by atoms with Crippen molar-refractivity contribution in [3.63, 3.8) is 0 Å². The topological polar surface area (TPSA) is 155 Å². The molecule has 0 aromatic rings. The predicted molar refractivity (Wildman–Crippen MR) is 126 cm³/mol. The van der Waals surface area contributed by atoms with Crippen LogP contribution >= 0.6 is 0 Å². The van der Waals surface area contributed by atoms with Gasteiger partial charge < -0.3 is 0 Å². The first-order chi connectivity index (χ1) is 16.2. The van der Waals surface area contributed by atoms with Gasteiger partial charge >= 0.3 is 211 Å². The third-order valence-electron chi connectivity index (χ3n) is 5.33. The summed E-state index contributed by atoms with van der Waals surface area (Å²) in [5, 5.41) is 0. The predicted octanol–water partition coefficient (Wildman–Crippen LogP) is 2.62. The van der Waals surface area contributed by atoms with E-state index in [4.69, 9.17) is 6.15 Å². The SMILES string of the molecule is CCC[CH2][Sn]([CH2]CCC)([O]C(=O)CC(=O)C(C(C)=O)C(C)=O)[O]C(=O)CC(=O)C(C(C)=O)C(C)=O. The van der Waals surface area contributed by atoms with E-state index in [1.807, 2.05) is 13.8 Å². The van der Waals surface area contributed by atoms with Crippen molar-refractivity contribution in [1.82, 2.24) is 0 Å². The van der Waals surface area contributed by atoms with Crippen LogP contribution in [0.1, 0.15) is 80.1 Å². The molecule has 0 aliphatic heterocycles. The van der Waals surface area contributed by atoms with Crippen LogP contribution in [0.25, 0.3) is 0 Å². The Hall–Kier alpha value is -2.24. The average Bonchev–Trinajstić information content (AvgIpc) is 2.69. The van der Waals surface area contributed by atoms with Crippen molar-refractivity contribution in [3.8, 4) is 0 Å². The minimum atomic E-state index is -4.56. The molecule has 0 radical (unpaired) electrons. The van der Waals surface area contributed by atoms with Gasteiger partial charge in [0.15, 0.2) is 0 Å². The zero-order chi connectivity index (χ0) is 27.3. The number of hydrogen-bond donors (Lipinski definition) is 0. The molecule has 0 aromatic heterocycles. The molecule has 0 amide bonds. The van der Waals surface area contributed by atoms with Gasteiger partial charge in [-0.1, -0.05) is 0 Å². The second kappa shape index (κ2) is 15.7. The van der Waals surface area contributed by atoms with E-state index < -0.39 is 90.5 Å². The number of unbranched alkanes of at least 4 members (excludes halogenated alkanes) is 2. The maximum atomic E-state index is 12.7. The Kier molecular flexibility index (Phi) is 14.7. The van der Waals surface area contributed by atoms with Crippen LogP contribution in [0.15, 0.2) is 0 Å². The van der Waals surface area contributed by atoms with Crippen molar-refractivity contribution in [2.45, 2.75) is 88.9 Å². The van der Waals surface area contributed by atoms with Gasteiger partial charge in [-0.05, 0) is 0 Å². The molecule has 0 bridgehead atoms.